The summed E-state index contributed by atoms with van der Waals surface area (Å²) in [5, 5.41) is 0. The average Bonchev–Trinajstić information content (AvgIpc) is 2.72. The van der Waals surface area contributed by atoms with E-state index in [9.17, 15) is 9.59 Å². The third-order valence-corrected chi connectivity index (χ3v) is 2.78. The van der Waals surface area contributed by atoms with Crippen molar-refractivity contribution in [3.8, 4) is 0 Å². The second kappa shape index (κ2) is 6.97. The standard InChI is InChI=1S/C14H20O5/c1-5-7-8-10-12(14(16)18-6-2)11(9(3)19-10)13(15)17-4/h5-8H2,1-4H3. The second-order valence-electron chi connectivity index (χ2n) is 4.15. The molecule has 0 bridgehead atoms. The van der Waals surface area contributed by atoms with Crippen LogP contribution in [0.4, 0.5) is 0 Å². The number of unbranched alkanes of at least 4 members (excludes halogenated alkanes) is 1. The molecule has 19 heavy (non-hydrogen) atoms. The highest BCUT2D eigenvalue weighted by molar-refractivity contribution is 6.04. The molecule has 0 fully saturated rings. The minimum Gasteiger partial charge on any atom is -0.465 e. The maximum absolute atomic E-state index is 12.0. The molecule has 5 heteroatoms. The van der Waals surface area contributed by atoms with Crippen molar-refractivity contribution in [2.75, 3.05) is 13.7 Å². The summed E-state index contributed by atoms with van der Waals surface area (Å²) >= 11 is 0. The Balaban J connectivity index is 3.24. The van der Waals surface area contributed by atoms with Crippen LogP contribution in [0.1, 0.15) is 58.9 Å². The van der Waals surface area contributed by atoms with E-state index in [0.717, 1.165) is 12.8 Å². The highest BCUT2D eigenvalue weighted by atomic mass is 16.5. The van der Waals surface area contributed by atoms with E-state index in [1.807, 2.05) is 6.92 Å². The first-order chi connectivity index (χ1) is 9.06. The van der Waals surface area contributed by atoms with Gasteiger partial charge in [0, 0.05) is 6.42 Å². The van der Waals surface area contributed by atoms with Gasteiger partial charge in [-0.1, -0.05) is 13.3 Å². The van der Waals surface area contributed by atoms with Gasteiger partial charge in [0.1, 0.15) is 22.6 Å². The molecule has 1 aromatic rings. The van der Waals surface area contributed by atoms with Gasteiger partial charge in [-0.3, -0.25) is 0 Å². The Morgan fingerprint density at radius 3 is 2.37 bits per heavy atom. The molecule has 0 spiro atoms. The van der Waals surface area contributed by atoms with Crippen molar-refractivity contribution < 1.29 is 23.5 Å². The number of carbonyl (C=O) groups excluding carboxylic acids is 2. The van der Waals surface area contributed by atoms with Crippen molar-refractivity contribution in [1.82, 2.24) is 0 Å². The maximum Gasteiger partial charge on any atom is 0.342 e. The topological polar surface area (TPSA) is 65.7 Å². The summed E-state index contributed by atoms with van der Waals surface area (Å²) in [6.07, 6.45) is 2.44. The first-order valence-corrected chi connectivity index (χ1v) is 6.44. The Labute approximate surface area is 112 Å². The van der Waals surface area contributed by atoms with Gasteiger partial charge in [-0.15, -0.1) is 0 Å². The van der Waals surface area contributed by atoms with Crippen LogP contribution in [0, 0.1) is 6.92 Å². The fourth-order valence-electron chi connectivity index (χ4n) is 1.88. The molecule has 0 radical (unpaired) electrons. The van der Waals surface area contributed by atoms with Crippen molar-refractivity contribution in [2.24, 2.45) is 0 Å². The van der Waals surface area contributed by atoms with Crippen LogP contribution in [0.5, 0.6) is 0 Å². The van der Waals surface area contributed by atoms with E-state index >= 15 is 0 Å². The van der Waals surface area contributed by atoms with Crippen LogP contribution < -0.4 is 0 Å². The first-order valence-electron chi connectivity index (χ1n) is 6.44. The lowest BCUT2D eigenvalue weighted by Gasteiger charge is -2.04. The lowest BCUT2D eigenvalue weighted by atomic mass is 10.1. The number of methoxy groups -OCH3 is 1. The van der Waals surface area contributed by atoms with Crippen LogP contribution >= 0.6 is 0 Å². The van der Waals surface area contributed by atoms with Crippen LogP contribution in [-0.2, 0) is 15.9 Å². The van der Waals surface area contributed by atoms with Gasteiger partial charge in [-0.2, -0.15) is 0 Å². The number of hydrogen-bond acceptors (Lipinski definition) is 5. The van der Waals surface area contributed by atoms with E-state index < -0.39 is 11.9 Å². The molecule has 5 nitrogen and oxygen atoms in total. The summed E-state index contributed by atoms with van der Waals surface area (Å²) in [5.74, 6) is -0.225. The molecular weight excluding hydrogens is 248 g/mol. The predicted molar refractivity (Wildman–Crippen MR) is 69.4 cm³/mol. The van der Waals surface area contributed by atoms with E-state index in [-0.39, 0.29) is 17.7 Å². The first kappa shape index (κ1) is 15.3. The Morgan fingerprint density at radius 1 is 1.16 bits per heavy atom. The zero-order valence-electron chi connectivity index (χ0n) is 11.9. The number of hydrogen-bond donors (Lipinski definition) is 0. The minimum atomic E-state index is -0.577. The number of ether oxygens (including phenoxy) is 2. The van der Waals surface area contributed by atoms with Crippen LogP contribution in [0.3, 0.4) is 0 Å². The third kappa shape index (κ3) is 3.36. The van der Waals surface area contributed by atoms with Crippen LogP contribution in [-0.4, -0.2) is 25.7 Å². The van der Waals surface area contributed by atoms with E-state index in [4.69, 9.17) is 13.9 Å². The van der Waals surface area contributed by atoms with Crippen LogP contribution in [0.25, 0.3) is 0 Å². The summed E-state index contributed by atoms with van der Waals surface area (Å²) in [6.45, 7) is 5.65. The molecule has 1 heterocycles. The zero-order chi connectivity index (χ0) is 14.4. The van der Waals surface area contributed by atoms with Gasteiger partial charge in [0.25, 0.3) is 0 Å². The second-order valence-corrected chi connectivity index (χ2v) is 4.15. The number of rotatable bonds is 6. The summed E-state index contributed by atoms with van der Waals surface area (Å²) < 4.78 is 15.2. The molecule has 1 rings (SSSR count). The van der Waals surface area contributed by atoms with E-state index in [1.165, 1.54) is 7.11 Å². The molecule has 0 amide bonds. The number of esters is 2. The molecule has 106 valence electrons. The summed E-state index contributed by atoms with van der Waals surface area (Å²) in [7, 11) is 1.27. The van der Waals surface area contributed by atoms with Crippen molar-refractivity contribution in [3.63, 3.8) is 0 Å². The third-order valence-electron chi connectivity index (χ3n) is 2.78. The summed E-state index contributed by atoms with van der Waals surface area (Å²) in [5.41, 5.74) is 0.381. The van der Waals surface area contributed by atoms with Crippen molar-refractivity contribution in [2.45, 2.75) is 40.0 Å². The van der Waals surface area contributed by atoms with Crippen molar-refractivity contribution in [1.29, 1.82) is 0 Å². The van der Waals surface area contributed by atoms with Gasteiger partial charge < -0.3 is 13.9 Å². The van der Waals surface area contributed by atoms with Crippen molar-refractivity contribution in [3.05, 3.63) is 22.6 Å². The highest BCUT2D eigenvalue weighted by Crippen LogP contribution is 2.25. The Bertz CT molecular complexity index is 459. The number of furan rings is 1. The quantitative estimate of drug-likeness (QED) is 0.742. The Morgan fingerprint density at radius 2 is 1.84 bits per heavy atom. The summed E-state index contributed by atoms with van der Waals surface area (Å²) in [4.78, 5) is 23.8. The molecule has 0 aliphatic carbocycles. The lowest BCUT2D eigenvalue weighted by molar-refractivity contribution is 0.0503. The molecule has 0 unspecified atom stereocenters. The lowest BCUT2D eigenvalue weighted by Crippen LogP contribution is -2.13. The monoisotopic (exact) mass is 268 g/mol. The summed E-state index contributed by atoms with van der Waals surface area (Å²) in [6, 6.07) is 0. The molecule has 0 aliphatic rings. The largest absolute Gasteiger partial charge is 0.465 e. The van der Waals surface area contributed by atoms with E-state index in [1.54, 1.807) is 13.8 Å². The molecule has 0 saturated heterocycles. The van der Waals surface area contributed by atoms with Gasteiger partial charge in [0.2, 0.25) is 0 Å². The van der Waals surface area contributed by atoms with Crippen molar-refractivity contribution >= 4 is 11.9 Å². The molecule has 0 aromatic carbocycles. The Hall–Kier alpha value is -1.78. The molecule has 0 aliphatic heterocycles. The van der Waals surface area contributed by atoms with Gasteiger partial charge in [0.05, 0.1) is 13.7 Å². The van der Waals surface area contributed by atoms with E-state index in [0.29, 0.717) is 17.9 Å². The molecular formula is C14H20O5. The van der Waals surface area contributed by atoms with Gasteiger partial charge in [-0.25, -0.2) is 9.59 Å². The van der Waals surface area contributed by atoms with E-state index in [2.05, 4.69) is 0 Å². The molecule has 0 N–H and O–H groups in total. The van der Waals surface area contributed by atoms with Gasteiger partial charge >= 0.3 is 11.9 Å². The Kier molecular flexibility index (Phi) is 5.60. The smallest absolute Gasteiger partial charge is 0.342 e. The number of aryl methyl sites for hydroxylation is 2. The molecule has 0 atom stereocenters. The van der Waals surface area contributed by atoms with Gasteiger partial charge in [0.15, 0.2) is 0 Å². The SMILES string of the molecule is CCCCc1oc(C)c(C(=O)OC)c1C(=O)OCC. The predicted octanol–water partition coefficient (Wildman–Crippen LogP) is 2.89. The average molecular weight is 268 g/mol. The fourth-order valence-corrected chi connectivity index (χ4v) is 1.88. The molecule has 0 saturated carbocycles. The maximum atomic E-state index is 12.0. The number of carbonyl (C=O) groups is 2. The van der Waals surface area contributed by atoms with Crippen LogP contribution in [0.2, 0.25) is 0 Å². The molecule has 1 aromatic heterocycles. The minimum absolute atomic E-state index is 0.173. The fraction of sp³-hybridized carbons (Fsp3) is 0.571. The normalized spacial score (nSPS) is 10.3. The van der Waals surface area contributed by atoms with Crippen LogP contribution in [0.15, 0.2) is 4.42 Å². The zero-order valence-corrected chi connectivity index (χ0v) is 11.9. The van der Waals surface area contributed by atoms with Gasteiger partial charge in [-0.05, 0) is 20.3 Å². The highest BCUT2D eigenvalue weighted by Gasteiger charge is 2.29.